The molecule has 1 aliphatic carbocycles. The first-order chi connectivity index (χ1) is 23.0. The minimum absolute atomic E-state index is 0.0681. The molecule has 0 heterocycles. The maximum Gasteiger partial charge on any atom is 0.0314 e. The van der Waals surface area contributed by atoms with Crippen LogP contribution in [0.3, 0.4) is 0 Å². The minimum Gasteiger partial charge on any atom is -0.399 e. The van der Waals surface area contributed by atoms with Crippen molar-refractivity contribution in [1.29, 1.82) is 0 Å². The molecule has 250 valence electrons. The lowest BCUT2D eigenvalue weighted by Crippen LogP contribution is -2.33. The smallest absolute Gasteiger partial charge is 0.0314 e. The van der Waals surface area contributed by atoms with Crippen molar-refractivity contribution >= 4 is 11.4 Å². The molecule has 5 rings (SSSR count). The van der Waals surface area contributed by atoms with Crippen molar-refractivity contribution < 1.29 is 0 Å². The summed E-state index contributed by atoms with van der Waals surface area (Å²) in [4.78, 5) is 0. The fourth-order valence-corrected chi connectivity index (χ4v) is 8.39. The highest BCUT2D eigenvalue weighted by Gasteiger charge is 2.38. The zero-order valence-electron chi connectivity index (χ0n) is 29.5. The van der Waals surface area contributed by atoms with E-state index < -0.39 is 0 Å². The summed E-state index contributed by atoms with van der Waals surface area (Å²) >= 11 is 0. The summed E-state index contributed by atoms with van der Waals surface area (Å²) in [7, 11) is 0. The van der Waals surface area contributed by atoms with Gasteiger partial charge in [0.05, 0.1) is 0 Å². The number of benzene rings is 4. The normalized spacial score (nSPS) is 19.3. The monoisotopic (exact) mass is 628 g/mol. The first-order valence-electron chi connectivity index (χ1n) is 18.9. The van der Waals surface area contributed by atoms with Crippen LogP contribution in [0.2, 0.25) is 0 Å². The number of anilines is 2. The van der Waals surface area contributed by atoms with Gasteiger partial charge in [0.1, 0.15) is 0 Å². The zero-order chi connectivity index (χ0) is 33.1. The van der Waals surface area contributed by atoms with Crippen LogP contribution in [0.5, 0.6) is 0 Å². The highest BCUT2D eigenvalue weighted by atomic mass is 14.5. The molecule has 0 spiro atoms. The largest absolute Gasteiger partial charge is 0.399 e. The Morgan fingerprint density at radius 3 is 1.28 bits per heavy atom. The molecule has 4 aromatic rings. The van der Waals surface area contributed by atoms with E-state index in [-0.39, 0.29) is 5.41 Å². The molecule has 47 heavy (non-hydrogen) atoms. The highest BCUT2D eigenvalue weighted by Crippen LogP contribution is 2.48. The summed E-state index contributed by atoms with van der Waals surface area (Å²) in [5, 5.41) is 0. The molecule has 0 saturated heterocycles. The Bertz CT molecular complexity index is 1360. The Labute approximate surface area is 286 Å². The number of unbranched alkanes of at least 4 members (excludes halogenated alkanes) is 4. The van der Waals surface area contributed by atoms with Crippen molar-refractivity contribution in [1.82, 2.24) is 0 Å². The van der Waals surface area contributed by atoms with E-state index in [0.29, 0.717) is 11.8 Å². The summed E-state index contributed by atoms with van der Waals surface area (Å²) in [5.41, 5.74) is 22.3. The van der Waals surface area contributed by atoms with Gasteiger partial charge in [-0.3, -0.25) is 0 Å². The minimum atomic E-state index is 0.0681. The van der Waals surface area contributed by atoms with Crippen molar-refractivity contribution in [3.8, 4) is 0 Å². The van der Waals surface area contributed by atoms with Gasteiger partial charge >= 0.3 is 0 Å². The van der Waals surface area contributed by atoms with Crippen LogP contribution in [0.4, 0.5) is 11.4 Å². The van der Waals surface area contributed by atoms with Gasteiger partial charge in [0, 0.05) is 28.6 Å². The second-order valence-corrected chi connectivity index (χ2v) is 14.5. The van der Waals surface area contributed by atoms with Gasteiger partial charge in [0.15, 0.2) is 0 Å². The molecule has 1 saturated carbocycles. The third-order valence-electron chi connectivity index (χ3n) is 11.2. The maximum atomic E-state index is 6.04. The SMILES string of the molecule is CCCCCCCC1CCC(c2ccc(C(CCC)c3ccc(N)cc3)cc2)(c2ccc(C(CCC)c3ccc(N)cc3)cc2)CC1. The van der Waals surface area contributed by atoms with Gasteiger partial charge in [-0.1, -0.05) is 145 Å². The average molecular weight is 629 g/mol. The predicted octanol–water partition coefficient (Wildman–Crippen LogP) is 12.6. The lowest BCUT2D eigenvalue weighted by atomic mass is 9.62. The Morgan fingerprint density at radius 2 is 0.894 bits per heavy atom. The van der Waals surface area contributed by atoms with E-state index in [9.17, 15) is 0 Å². The van der Waals surface area contributed by atoms with Crippen molar-refractivity contribution in [2.24, 2.45) is 5.92 Å². The van der Waals surface area contributed by atoms with Crippen molar-refractivity contribution in [2.75, 3.05) is 11.5 Å². The Morgan fingerprint density at radius 1 is 0.511 bits per heavy atom. The van der Waals surface area contributed by atoms with E-state index >= 15 is 0 Å². The van der Waals surface area contributed by atoms with Gasteiger partial charge in [-0.15, -0.1) is 0 Å². The van der Waals surface area contributed by atoms with Gasteiger partial charge in [-0.2, -0.15) is 0 Å². The standard InChI is InChI=1S/C45H60N2/c1-4-7-8-9-10-13-34-30-32-45(33-31-34,39-22-14-35(15-23-39)43(11-5-2)37-18-26-41(46)27-19-37)40-24-16-36(17-25-40)44(12-6-3)38-20-28-42(47)29-21-38/h14-29,34,43-44H,4-13,30-33,46-47H2,1-3H3. The Balaban J connectivity index is 1.43. The molecule has 0 aliphatic heterocycles. The number of hydrogen-bond donors (Lipinski definition) is 2. The van der Waals surface area contributed by atoms with Crippen LogP contribution in [0.25, 0.3) is 0 Å². The second-order valence-electron chi connectivity index (χ2n) is 14.5. The highest BCUT2D eigenvalue weighted by molar-refractivity contribution is 5.47. The van der Waals surface area contributed by atoms with Crippen molar-refractivity contribution in [3.63, 3.8) is 0 Å². The first kappa shape index (κ1) is 34.8. The number of hydrogen-bond acceptors (Lipinski definition) is 2. The molecule has 2 atom stereocenters. The molecular formula is C45H60N2. The first-order valence-corrected chi connectivity index (χ1v) is 18.9. The van der Waals surface area contributed by atoms with Crippen LogP contribution < -0.4 is 11.5 Å². The van der Waals surface area contributed by atoms with Crippen LogP contribution >= 0.6 is 0 Å². The molecule has 1 aliphatic rings. The molecule has 0 bridgehead atoms. The fraction of sp³-hybridized carbons (Fsp3) is 0.467. The lowest BCUT2D eigenvalue weighted by molar-refractivity contribution is 0.250. The molecular weight excluding hydrogens is 569 g/mol. The molecule has 0 amide bonds. The van der Waals surface area contributed by atoms with Gasteiger partial charge in [-0.25, -0.2) is 0 Å². The van der Waals surface area contributed by atoms with Crippen LogP contribution in [0.1, 0.15) is 156 Å². The van der Waals surface area contributed by atoms with Gasteiger partial charge in [0.25, 0.3) is 0 Å². The Kier molecular flexibility index (Phi) is 12.6. The fourth-order valence-electron chi connectivity index (χ4n) is 8.39. The predicted molar refractivity (Wildman–Crippen MR) is 204 cm³/mol. The summed E-state index contributed by atoms with van der Waals surface area (Å²) < 4.78 is 0. The van der Waals surface area contributed by atoms with E-state index in [1.807, 2.05) is 24.3 Å². The zero-order valence-corrected chi connectivity index (χ0v) is 29.5. The van der Waals surface area contributed by atoms with Crippen LogP contribution in [0.15, 0.2) is 97.1 Å². The molecule has 0 radical (unpaired) electrons. The van der Waals surface area contributed by atoms with Crippen LogP contribution in [-0.2, 0) is 5.41 Å². The van der Waals surface area contributed by atoms with Crippen LogP contribution in [-0.4, -0.2) is 0 Å². The summed E-state index contributed by atoms with van der Waals surface area (Å²) in [6.45, 7) is 6.89. The lowest BCUT2D eigenvalue weighted by Gasteiger charge is -2.42. The number of nitrogens with two attached hydrogens (primary N) is 2. The molecule has 4 N–H and O–H groups in total. The second kappa shape index (κ2) is 17.0. The number of rotatable bonds is 16. The molecule has 1 fully saturated rings. The average Bonchev–Trinajstić information content (AvgIpc) is 3.11. The topological polar surface area (TPSA) is 52.0 Å². The van der Waals surface area contributed by atoms with E-state index in [1.54, 1.807) is 0 Å². The molecule has 2 nitrogen and oxygen atoms in total. The van der Waals surface area contributed by atoms with Gasteiger partial charge in [0.2, 0.25) is 0 Å². The van der Waals surface area contributed by atoms with E-state index in [1.165, 1.54) is 97.6 Å². The van der Waals surface area contributed by atoms with E-state index in [4.69, 9.17) is 11.5 Å². The van der Waals surface area contributed by atoms with Gasteiger partial charge in [-0.05, 0) is 102 Å². The van der Waals surface area contributed by atoms with Crippen molar-refractivity contribution in [3.05, 3.63) is 130 Å². The Hall–Kier alpha value is -3.52. The summed E-state index contributed by atoms with van der Waals surface area (Å²) in [5.74, 6) is 1.66. The van der Waals surface area contributed by atoms with E-state index in [2.05, 4.69) is 93.6 Å². The third-order valence-corrected chi connectivity index (χ3v) is 11.2. The number of nitrogen functional groups attached to an aromatic ring is 2. The third kappa shape index (κ3) is 8.69. The maximum absolute atomic E-state index is 6.04. The molecule has 2 heteroatoms. The van der Waals surface area contributed by atoms with Crippen molar-refractivity contribution in [2.45, 2.75) is 128 Å². The summed E-state index contributed by atoms with van der Waals surface area (Å²) in [6, 6.07) is 36.7. The molecule has 0 aromatic heterocycles. The van der Waals surface area contributed by atoms with Crippen LogP contribution in [0, 0.1) is 5.92 Å². The van der Waals surface area contributed by atoms with Gasteiger partial charge < -0.3 is 11.5 Å². The molecule has 2 unspecified atom stereocenters. The quantitative estimate of drug-likeness (QED) is 0.0958. The van der Waals surface area contributed by atoms with E-state index in [0.717, 1.165) is 43.0 Å². The summed E-state index contributed by atoms with van der Waals surface area (Å²) in [6.07, 6.45) is 18.0. The molecule has 4 aromatic carbocycles.